The van der Waals surface area contributed by atoms with Crippen LogP contribution in [0.4, 0.5) is 13.2 Å². The Morgan fingerprint density at radius 3 is 2.30 bits per heavy atom. The largest absolute Gasteiger partial charge is 0.417 e. The van der Waals surface area contributed by atoms with Gasteiger partial charge < -0.3 is 11.1 Å². The molecule has 0 aliphatic heterocycles. The van der Waals surface area contributed by atoms with E-state index in [2.05, 4.69) is 5.32 Å². The highest BCUT2D eigenvalue weighted by molar-refractivity contribution is 7.80. The lowest BCUT2D eigenvalue weighted by Gasteiger charge is -2.22. The van der Waals surface area contributed by atoms with Crippen molar-refractivity contribution in [1.82, 2.24) is 5.32 Å². The van der Waals surface area contributed by atoms with Crippen molar-refractivity contribution in [2.75, 3.05) is 0 Å². The predicted molar refractivity (Wildman–Crippen MR) is 74.3 cm³/mol. The summed E-state index contributed by atoms with van der Waals surface area (Å²) in [4.78, 5) is 12.0. The van der Waals surface area contributed by atoms with E-state index in [1.54, 1.807) is 13.8 Å². The van der Waals surface area contributed by atoms with E-state index >= 15 is 0 Å². The molecule has 0 spiro atoms. The van der Waals surface area contributed by atoms with Crippen LogP contribution in [0.25, 0.3) is 0 Å². The lowest BCUT2D eigenvalue weighted by atomic mass is 10.0. The van der Waals surface area contributed by atoms with Gasteiger partial charge in [0.15, 0.2) is 0 Å². The second kappa shape index (κ2) is 6.21. The maximum absolute atomic E-state index is 12.8. The Morgan fingerprint density at radius 1 is 1.30 bits per heavy atom. The predicted octanol–water partition coefficient (Wildman–Crippen LogP) is 2.75. The van der Waals surface area contributed by atoms with Gasteiger partial charge in [-0.15, -0.1) is 0 Å². The number of amides is 1. The summed E-state index contributed by atoms with van der Waals surface area (Å²) in [5.41, 5.74) is 4.06. The van der Waals surface area contributed by atoms with Gasteiger partial charge in [0.25, 0.3) is 5.91 Å². The first kappa shape index (κ1) is 16.4. The number of carbonyl (C=O) groups is 1. The number of hydrogen-bond acceptors (Lipinski definition) is 2. The first-order valence-corrected chi connectivity index (χ1v) is 6.31. The molecule has 1 amide bonds. The zero-order valence-electron chi connectivity index (χ0n) is 11.0. The van der Waals surface area contributed by atoms with E-state index in [1.165, 1.54) is 12.1 Å². The molecule has 0 saturated carbocycles. The third-order valence-corrected chi connectivity index (χ3v) is 2.99. The highest BCUT2D eigenvalue weighted by Crippen LogP contribution is 2.31. The van der Waals surface area contributed by atoms with Crippen molar-refractivity contribution in [2.45, 2.75) is 26.1 Å². The minimum Gasteiger partial charge on any atom is -0.392 e. The van der Waals surface area contributed by atoms with Crippen molar-refractivity contribution >= 4 is 23.1 Å². The van der Waals surface area contributed by atoms with Crippen molar-refractivity contribution in [2.24, 2.45) is 11.7 Å². The van der Waals surface area contributed by atoms with Crippen LogP contribution in [0.2, 0.25) is 0 Å². The molecule has 0 radical (unpaired) electrons. The first-order chi connectivity index (χ1) is 9.14. The quantitative estimate of drug-likeness (QED) is 0.841. The second-order valence-electron chi connectivity index (χ2n) is 4.64. The molecule has 0 fully saturated rings. The first-order valence-electron chi connectivity index (χ1n) is 5.91. The summed E-state index contributed by atoms with van der Waals surface area (Å²) in [6.07, 6.45) is -4.59. The van der Waals surface area contributed by atoms with Gasteiger partial charge in [-0.1, -0.05) is 38.2 Å². The number of nitrogens with one attached hydrogen (secondary N) is 1. The fourth-order valence-electron chi connectivity index (χ4n) is 1.71. The molecule has 0 aliphatic carbocycles. The highest BCUT2D eigenvalue weighted by Gasteiger charge is 2.35. The van der Waals surface area contributed by atoms with Crippen LogP contribution in [0.5, 0.6) is 0 Å². The zero-order valence-corrected chi connectivity index (χ0v) is 11.8. The van der Waals surface area contributed by atoms with Gasteiger partial charge in [0.05, 0.1) is 22.2 Å². The van der Waals surface area contributed by atoms with Crippen molar-refractivity contribution in [1.29, 1.82) is 0 Å². The van der Waals surface area contributed by atoms with E-state index in [9.17, 15) is 18.0 Å². The standard InChI is InChI=1S/C13H15F3N2OS/c1-7(2)10(11(17)20)18-12(19)8-5-3-4-6-9(8)13(14,15)16/h3-7,10H,1-2H3,(H2,17,20)(H,18,19). The molecule has 0 aromatic heterocycles. The van der Waals surface area contributed by atoms with E-state index in [1.807, 2.05) is 0 Å². The number of halogens is 3. The molecule has 3 nitrogen and oxygen atoms in total. The number of carbonyl (C=O) groups excluding carboxylic acids is 1. The van der Waals surface area contributed by atoms with E-state index < -0.39 is 29.3 Å². The third kappa shape index (κ3) is 3.93. The van der Waals surface area contributed by atoms with E-state index in [0.29, 0.717) is 0 Å². The normalized spacial score (nSPS) is 13.1. The van der Waals surface area contributed by atoms with Crippen LogP contribution in [0, 0.1) is 5.92 Å². The van der Waals surface area contributed by atoms with Gasteiger partial charge in [0.1, 0.15) is 0 Å². The zero-order chi connectivity index (χ0) is 15.5. The molecule has 7 heteroatoms. The highest BCUT2D eigenvalue weighted by atomic mass is 32.1. The molecule has 0 aliphatic rings. The average molecular weight is 304 g/mol. The van der Waals surface area contributed by atoms with Crippen molar-refractivity contribution in [3.05, 3.63) is 35.4 Å². The molecule has 1 rings (SSSR count). The lowest BCUT2D eigenvalue weighted by Crippen LogP contribution is -2.47. The van der Waals surface area contributed by atoms with Gasteiger partial charge in [0, 0.05) is 0 Å². The van der Waals surface area contributed by atoms with Gasteiger partial charge in [-0.25, -0.2) is 0 Å². The maximum Gasteiger partial charge on any atom is 0.417 e. The van der Waals surface area contributed by atoms with Gasteiger partial charge in [0.2, 0.25) is 0 Å². The molecule has 110 valence electrons. The Labute approximate surface area is 120 Å². The molecule has 3 N–H and O–H groups in total. The third-order valence-electron chi connectivity index (χ3n) is 2.74. The van der Waals surface area contributed by atoms with E-state index in [-0.39, 0.29) is 10.9 Å². The minimum atomic E-state index is -4.59. The van der Waals surface area contributed by atoms with Gasteiger partial charge in [-0.3, -0.25) is 4.79 Å². The molecule has 0 heterocycles. The van der Waals surface area contributed by atoms with E-state index in [0.717, 1.165) is 12.1 Å². The SMILES string of the molecule is CC(C)C(NC(=O)c1ccccc1C(F)(F)F)C(N)=S. The summed E-state index contributed by atoms with van der Waals surface area (Å²) in [6.45, 7) is 3.53. The Bertz CT molecular complexity index is 515. The number of benzene rings is 1. The maximum atomic E-state index is 12.8. The van der Waals surface area contributed by atoms with Crippen molar-refractivity contribution in [3.63, 3.8) is 0 Å². The number of thiocarbonyl (C=S) groups is 1. The van der Waals surface area contributed by atoms with Gasteiger partial charge >= 0.3 is 6.18 Å². The van der Waals surface area contributed by atoms with Crippen LogP contribution in [0.1, 0.15) is 29.8 Å². The van der Waals surface area contributed by atoms with Crippen molar-refractivity contribution in [3.8, 4) is 0 Å². The summed E-state index contributed by atoms with van der Waals surface area (Å²) < 4.78 is 38.5. The summed E-state index contributed by atoms with van der Waals surface area (Å²) in [5, 5.41) is 2.44. The summed E-state index contributed by atoms with van der Waals surface area (Å²) in [5.74, 6) is -0.959. The molecule has 0 bridgehead atoms. The topological polar surface area (TPSA) is 55.1 Å². The summed E-state index contributed by atoms with van der Waals surface area (Å²) >= 11 is 4.81. The Balaban J connectivity index is 3.07. The van der Waals surface area contributed by atoms with Crippen LogP contribution >= 0.6 is 12.2 Å². The lowest BCUT2D eigenvalue weighted by molar-refractivity contribution is -0.137. The van der Waals surface area contributed by atoms with Crippen LogP contribution in [-0.2, 0) is 6.18 Å². The fraction of sp³-hybridized carbons (Fsp3) is 0.385. The molecule has 1 unspecified atom stereocenters. The van der Waals surface area contributed by atoms with Crippen LogP contribution < -0.4 is 11.1 Å². The molecular weight excluding hydrogens is 289 g/mol. The molecular formula is C13H15F3N2OS. The fourth-order valence-corrected chi connectivity index (χ4v) is 2.04. The summed E-state index contributed by atoms with van der Waals surface area (Å²) in [7, 11) is 0. The molecule has 1 aromatic rings. The van der Waals surface area contributed by atoms with E-state index in [4.69, 9.17) is 18.0 Å². The Hall–Kier alpha value is -1.63. The summed E-state index contributed by atoms with van der Waals surface area (Å²) in [6, 6.07) is 3.93. The molecule has 0 saturated heterocycles. The number of hydrogen-bond donors (Lipinski definition) is 2. The van der Waals surface area contributed by atoms with Crippen molar-refractivity contribution < 1.29 is 18.0 Å². The van der Waals surface area contributed by atoms with Crippen LogP contribution in [-0.4, -0.2) is 16.9 Å². The average Bonchev–Trinajstić information content (AvgIpc) is 2.33. The van der Waals surface area contributed by atoms with Gasteiger partial charge in [-0.05, 0) is 18.1 Å². The number of nitrogens with two attached hydrogens (primary N) is 1. The second-order valence-corrected chi connectivity index (χ2v) is 5.11. The number of alkyl halides is 3. The monoisotopic (exact) mass is 304 g/mol. The molecule has 20 heavy (non-hydrogen) atoms. The van der Waals surface area contributed by atoms with Crippen LogP contribution in [0.3, 0.4) is 0 Å². The Kier molecular flexibility index (Phi) is 5.10. The van der Waals surface area contributed by atoms with Crippen LogP contribution in [0.15, 0.2) is 24.3 Å². The smallest absolute Gasteiger partial charge is 0.392 e. The minimum absolute atomic E-state index is 0.0397. The molecule has 1 aromatic carbocycles. The molecule has 1 atom stereocenters. The van der Waals surface area contributed by atoms with Gasteiger partial charge in [-0.2, -0.15) is 13.2 Å². The number of rotatable bonds is 4. The Morgan fingerprint density at radius 2 is 1.85 bits per heavy atom.